The van der Waals surface area contributed by atoms with Crippen molar-refractivity contribution in [3.05, 3.63) is 58.3 Å². The second-order valence-electron chi connectivity index (χ2n) is 5.90. The van der Waals surface area contributed by atoms with Gasteiger partial charge in [0.2, 0.25) is 5.91 Å². The summed E-state index contributed by atoms with van der Waals surface area (Å²) in [4.78, 5) is 24.4. The summed E-state index contributed by atoms with van der Waals surface area (Å²) in [6, 6.07) is 11.3. The lowest BCUT2D eigenvalue weighted by Crippen LogP contribution is -2.39. The van der Waals surface area contributed by atoms with E-state index in [2.05, 4.69) is 5.43 Å². The van der Waals surface area contributed by atoms with Gasteiger partial charge in [0.05, 0.1) is 23.7 Å². The Balaban J connectivity index is 1.81. The Bertz CT molecular complexity index is 799. The van der Waals surface area contributed by atoms with Crippen LogP contribution < -0.4 is 10.2 Å². The molecule has 0 saturated carbocycles. The standard InChI is InChI=1S/C19H20N2O4S/c1-25-14-9-7-13(8-10-14)16-12-15(17-4-3-11-26-17)20-21(16)18(22)5-2-6-19(23)24/h3-4,7-12,16,20H,2,5-6H2,1H3,(H,23,24)/t16-/m0/s1. The maximum absolute atomic E-state index is 12.7. The molecule has 2 heterocycles. The van der Waals surface area contributed by atoms with Gasteiger partial charge in [0.15, 0.2) is 0 Å². The first kappa shape index (κ1) is 18.0. The summed E-state index contributed by atoms with van der Waals surface area (Å²) in [7, 11) is 1.61. The van der Waals surface area contributed by atoms with Crippen LogP contribution in [0.4, 0.5) is 0 Å². The molecule has 1 aliphatic rings. The molecule has 6 nitrogen and oxygen atoms in total. The highest BCUT2D eigenvalue weighted by Crippen LogP contribution is 2.34. The van der Waals surface area contributed by atoms with Crippen molar-refractivity contribution in [2.45, 2.75) is 25.3 Å². The molecule has 1 atom stereocenters. The van der Waals surface area contributed by atoms with E-state index in [0.29, 0.717) is 6.42 Å². The lowest BCUT2D eigenvalue weighted by atomic mass is 10.1. The van der Waals surface area contributed by atoms with Gasteiger partial charge in [0, 0.05) is 12.8 Å². The summed E-state index contributed by atoms with van der Waals surface area (Å²) >= 11 is 1.59. The molecule has 0 bridgehead atoms. The van der Waals surface area contributed by atoms with Gasteiger partial charge < -0.3 is 9.84 Å². The molecular weight excluding hydrogens is 352 g/mol. The quantitative estimate of drug-likeness (QED) is 0.778. The summed E-state index contributed by atoms with van der Waals surface area (Å²) < 4.78 is 5.20. The molecule has 0 saturated heterocycles. The van der Waals surface area contributed by atoms with Crippen LogP contribution in [0, 0.1) is 0 Å². The van der Waals surface area contributed by atoms with E-state index >= 15 is 0 Å². The summed E-state index contributed by atoms with van der Waals surface area (Å²) in [5.74, 6) is -0.271. The summed E-state index contributed by atoms with van der Waals surface area (Å²) in [5, 5.41) is 12.3. The van der Waals surface area contributed by atoms with Crippen LogP contribution in [0.3, 0.4) is 0 Å². The molecule has 0 aliphatic carbocycles. The zero-order valence-corrected chi connectivity index (χ0v) is 15.2. The van der Waals surface area contributed by atoms with E-state index in [0.717, 1.165) is 21.9 Å². The van der Waals surface area contributed by atoms with Crippen molar-refractivity contribution in [3.8, 4) is 5.75 Å². The van der Waals surface area contributed by atoms with Crippen LogP contribution >= 0.6 is 11.3 Å². The third kappa shape index (κ3) is 4.05. The highest BCUT2D eigenvalue weighted by molar-refractivity contribution is 7.11. The predicted molar refractivity (Wildman–Crippen MR) is 99.5 cm³/mol. The van der Waals surface area contributed by atoms with Gasteiger partial charge in [0.25, 0.3) is 0 Å². The number of ether oxygens (including phenoxy) is 1. The number of hydrazine groups is 1. The van der Waals surface area contributed by atoms with E-state index in [1.165, 1.54) is 0 Å². The van der Waals surface area contributed by atoms with Crippen molar-refractivity contribution < 1.29 is 19.4 Å². The number of hydrogen-bond donors (Lipinski definition) is 2. The largest absolute Gasteiger partial charge is 0.497 e. The van der Waals surface area contributed by atoms with Crippen LogP contribution in [0.15, 0.2) is 47.9 Å². The summed E-state index contributed by atoms with van der Waals surface area (Å²) in [6.45, 7) is 0. The van der Waals surface area contributed by atoms with Gasteiger partial charge >= 0.3 is 5.97 Å². The maximum Gasteiger partial charge on any atom is 0.303 e. The van der Waals surface area contributed by atoms with Crippen molar-refractivity contribution >= 4 is 28.9 Å². The maximum atomic E-state index is 12.7. The van der Waals surface area contributed by atoms with Gasteiger partial charge in [-0.3, -0.25) is 15.0 Å². The highest BCUT2D eigenvalue weighted by Gasteiger charge is 2.30. The van der Waals surface area contributed by atoms with E-state index in [-0.39, 0.29) is 24.8 Å². The Morgan fingerprint density at radius 3 is 2.62 bits per heavy atom. The van der Waals surface area contributed by atoms with Crippen LogP contribution in [0.1, 0.15) is 35.7 Å². The minimum Gasteiger partial charge on any atom is -0.497 e. The molecule has 1 aromatic carbocycles. The molecule has 7 heteroatoms. The van der Waals surface area contributed by atoms with E-state index in [1.807, 2.05) is 47.9 Å². The van der Waals surface area contributed by atoms with E-state index in [4.69, 9.17) is 9.84 Å². The molecule has 1 amide bonds. The molecule has 26 heavy (non-hydrogen) atoms. The van der Waals surface area contributed by atoms with Crippen LogP contribution in [0.5, 0.6) is 5.75 Å². The van der Waals surface area contributed by atoms with Crippen LogP contribution in [0.2, 0.25) is 0 Å². The zero-order valence-electron chi connectivity index (χ0n) is 14.3. The molecule has 0 spiro atoms. The number of thiophene rings is 1. The fourth-order valence-electron chi connectivity index (χ4n) is 2.81. The molecule has 136 valence electrons. The average molecular weight is 372 g/mol. The number of benzene rings is 1. The third-order valence-corrected chi connectivity index (χ3v) is 5.04. The van der Waals surface area contributed by atoms with E-state index in [9.17, 15) is 9.59 Å². The van der Waals surface area contributed by atoms with E-state index in [1.54, 1.807) is 23.5 Å². The first-order valence-corrected chi connectivity index (χ1v) is 9.16. The minimum absolute atomic E-state index is 0.0159. The molecule has 3 rings (SSSR count). The number of carbonyl (C=O) groups excluding carboxylic acids is 1. The van der Waals surface area contributed by atoms with Crippen molar-refractivity contribution in [1.29, 1.82) is 0 Å². The van der Waals surface area contributed by atoms with Gasteiger partial charge in [-0.05, 0) is 41.6 Å². The number of nitrogens with one attached hydrogen (secondary N) is 1. The first-order valence-electron chi connectivity index (χ1n) is 8.28. The lowest BCUT2D eigenvalue weighted by molar-refractivity contribution is -0.137. The highest BCUT2D eigenvalue weighted by atomic mass is 32.1. The predicted octanol–water partition coefficient (Wildman–Crippen LogP) is 3.44. The Morgan fingerprint density at radius 1 is 1.23 bits per heavy atom. The van der Waals surface area contributed by atoms with Crippen LogP contribution in [0.25, 0.3) is 5.70 Å². The zero-order chi connectivity index (χ0) is 18.5. The van der Waals surface area contributed by atoms with Crippen molar-refractivity contribution in [2.24, 2.45) is 0 Å². The Hall–Kier alpha value is -2.80. The minimum atomic E-state index is -0.892. The van der Waals surface area contributed by atoms with Crippen LogP contribution in [-0.2, 0) is 9.59 Å². The second kappa shape index (κ2) is 8.05. The van der Waals surface area contributed by atoms with Gasteiger partial charge in [-0.1, -0.05) is 18.2 Å². The third-order valence-electron chi connectivity index (χ3n) is 4.14. The fourth-order valence-corrected chi connectivity index (χ4v) is 3.51. The number of carboxylic acid groups (broad SMARTS) is 1. The van der Waals surface area contributed by atoms with Crippen LogP contribution in [-0.4, -0.2) is 29.1 Å². The number of methoxy groups -OCH3 is 1. The summed E-state index contributed by atoms with van der Waals surface area (Å²) in [6.07, 6.45) is 2.49. The second-order valence-corrected chi connectivity index (χ2v) is 6.85. The number of nitrogens with zero attached hydrogens (tertiary/aromatic N) is 1. The number of rotatable bonds is 7. The number of carboxylic acids is 1. The molecule has 0 unspecified atom stereocenters. The van der Waals surface area contributed by atoms with Crippen molar-refractivity contribution in [1.82, 2.24) is 10.4 Å². The Morgan fingerprint density at radius 2 is 2.00 bits per heavy atom. The fraction of sp³-hybridized carbons (Fsp3) is 0.263. The van der Waals surface area contributed by atoms with Gasteiger partial charge in [-0.25, -0.2) is 5.01 Å². The first-order chi connectivity index (χ1) is 12.6. The van der Waals surface area contributed by atoms with Gasteiger partial charge in [0.1, 0.15) is 5.75 Å². The SMILES string of the molecule is COc1ccc([C@@H]2C=C(c3cccs3)NN2C(=O)CCCC(=O)O)cc1. The Labute approximate surface area is 155 Å². The molecule has 2 aromatic rings. The number of aliphatic carboxylic acids is 1. The Kier molecular flexibility index (Phi) is 5.58. The average Bonchev–Trinajstić information content (AvgIpc) is 3.31. The molecule has 0 radical (unpaired) electrons. The van der Waals surface area contributed by atoms with Crippen molar-refractivity contribution in [2.75, 3.05) is 7.11 Å². The number of carbonyl (C=O) groups is 2. The monoisotopic (exact) mass is 372 g/mol. The van der Waals surface area contributed by atoms with E-state index < -0.39 is 5.97 Å². The van der Waals surface area contributed by atoms with Gasteiger partial charge in [-0.2, -0.15) is 0 Å². The molecule has 1 aliphatic heterocycles. The topological polar surface area (TPSA) is 78.9 Å². The molecular formula is C19H20N2O4S. The lowest BCUT2D eigenvalue weighted by Gasteiger charge is -2.25. The summed E-state index contributed by atoms with van der Waals surface area (Å²) in [5.41, 5.74) is 5.02. The molecule has 1 aromatic heterocycles. The van der Waals surface area contributed by atoms with Gasteiger partial charge in [-0.15, -0.1) is 11.3 Å². The number of amides is 1. The number of hydrogen-bond acceptors (Lipinski definition) is 5. The normalized spacial score (nSPS) is 16.1. The molecule has 2 N–H and O–H groups in total. The smallest absolute Gasteiger partial charge is 0.303 e. The van der Waals surface area contributed by atoms with Crippen molar-refractivity contribution in [3.63, 3.8) is 0 Å². The molecule has 0 fully saturated rings.